The lowest BCUT2D eigenvalue weighted by atomic mass is 10.2. The van der Waals surface area contributed by atoms with Crippen LogP contribution in [0.3, 0.4) is 0 Å². The molecule has 0 aliphatic carbocycles. The van der Waals surface area contributed by atoms with E-state index in [2.05, 4.69) is 32.2 Å². The third-order valence-corrected chi connectivity index (χ3v) is 5.78. The van der Waals surface area contributed by atoms with Gasteiger partial charge < -0.3 is 15.1 Å². The minimum absolute atomic E-state index is 0.242. The highest BCUT2D eigenvalue weighted by Gasteiger charge is 2.31. The highest BCUT2D eigenvalue weighted by Crippen LogP contribution is 2.30. The zero-order valence-corrected chi connectivity index (χ0v) is 18.4. The minimum atomic E-state index is -4.46. The number of hydrogen-bond acceptors (Lipinski definition) is 5. The summed E-state index contributed by atoms with van der Waals surface area (Å²) in [5.41, 5.74) is 1.13. The van der Waals surface area contributed by atoms with Gasteiger partial charge in [0.2, 0.25) is 0 Å². The van der Waals surface area contributed by atoms with E-state index in [4.69, 9.17) is 0 Å². The van der Waals surface area contributed by atoms with Crippen molar-refractivity contribution in [2.45, 2.75) is 19.6 Å². The molecule has 1 amide bonds. The average molecular weight is 458 g/mol. The van der Waals surface area contributed by atoms with Crippen molar-refractivity contribution in [3.05, 3.63) is 71.2 Å². The molecule has 0 spiro atoms. The number of aromatic nitrogens is 3. The summed E-state index contributed by atoms with van der Waals surface area (Å²) < 4.78 is 40.5. The van der Waals surface area contributed by atoms with Gasteiger partial charge in [-0.1, -0.05) is 12.1 Å². The number of benzene rings is 1. The second-order valence-corrected chi connectivity index (χ2v) is 8.06. The molecule has 3 aromatic rings. The molecule has 7 nitrogen and oxygen atoms in total. The van der Waals surface area contributed by atoms with E-state index in [1.807, 2.05) is 12.1 Å². The van der Waals surface area contributed by atoms with Crippen molar-refractivity contribution in [2.75, 3.05) is 38.1 Å². The predicted octanol–water partition coefficient (Wildman–Crippen LogP) is 3.28. The molecule has 2 aromatic heterocycles. The van der Waals surface area contributed by atoms with Crippen molar-refractivity contribution in [1.29, 1.82) is 0 Å². The van der Waals surface area contributed by atoms with Crippen LogP contribution in [0.2, 0.25) is 0 Å². The first-order valence-corrected chi connectivity index (χ1v) is 10.6. The van der Waals surface area contributed by atoms with E-state index < -0.39 is 11.7 Å². The van der Waals surface area contributed by atoms with Crippen LogP contribution < -0.4 is 10.2 Å². The molecule has 3 heterocycles. The summed E-state index contributed by atoms with van der Waals surface area (Å²) in [7, 11) is 2.08. The third kappa shape index (κ3) is 5.00. The number of piperazine rings is 1. The van der Waals surface area contributed by atoms with Crippen LogP contribution >= 0.6 is 0 Å². The van der Waals surface area contributed by atoms with Gasteiger partial charge in [-0.15, -0.1) is 0 Å². The number of anilines is 1. The second kappa shape index (κ2) is 9.22. The van der Waals surface area contributed by atoms with E-state index in [1.165, 1.54) is 23.0 Å². The van der Waals surface area contributed by atoms with E-state index >= 15 is 0 Å². The summed E-state index contributed by atoms with van der Waals surface area (Å²) in [5.74, 6) is 0.501. The number of likely N-dealkylation sites (N-methyl/N-ethyl adjacent to an activating group) is 1. The first-order valence-electron chi connectivity index (χ1n) is 10.6. The van der Waals surface area contributed by atoms with Gasteiger partial charge in [0.25, 0.3) is 5.91 Å². The standard InChI is InChI=1S/C23H25F3N6O/c1-16-20(15-29-32(16)19-7-3-6-18(13-19)23(24,25)26)22(33)28-14-17-5-4-8-27-21(17)31-11-9-30(2)10-12-31/h3-8,13,15H,9-12,14H2,1-2H3,(H,28,33). The maximum atomic E-state index is 13.1. The van der Waals surface area contributed by atoms with Gasteiger partial charge in [0.15, 0.2) is 0 Å². The monoisotopic (exact) mass is 458 g/mol. The molecule has 1 saturated heterocycles. The highest BCUT2D eigenvalue weighted by atomic mass is 19.4. The fraction of sp³-hybridized carbons (Fsp3) is 0.348. The lowest BCUT2D eigenvalue weighted by Crippen LogP contribution is -2.45. The van der Waals surface area contributed by atoms with Gasteiger partial charge in [-0.25, -0.2) is 9.67 Å². The molecule has 0 radical (unpaired) electrons. The van der Waals surface area contributed by atoms with Crippen LogP contribution in [0.25, 0.3) is 5.69 Å². The van der Waals surface area contributed by atoms with Gasteiger partial charge in [0.05, 0.1) is 28.7 Å². The Hall–Kier alpha value is -3.40. The molecule has 1 aliphatic heterocycles. The number of carbonyl (C=O) groups excluding carboxylic acids is 1. The molecule has 0 atom stereocenters. The number of amides is 1. The summed E-state index contributed by atoms with van der Waals surface area (Å²) in [4.78, 5) is 21.8. The number of nitrogens with one attached hydrogen (secondary N) is 1. The van der Waals surface area contributed by atoms with Crippen molar-refractivity contribution in [3.63, 3.8) is 0 Å². The molecule has 1 aliphatic rings. The predicted molar refractivity (Wildman–Crippen MR) is 118 cm³/mol. The third-order valence-electron chi connectivity index (χ3n) is 5.78. The van der Waals surface area contributed by atoms with E-state index in [9.17, 15) is 18.0 Å². The summed E-state index contributed by atoms with van der Waals surface area (Å²) in [6.07, 6.45) is -1.35. The molecule has 0 unspecified atom stereocenters. The largest absolute Gasteiger partial charge is 0.416 e. The van der Waals surface area contributed by atoms with Gasteiger partial charge in [-0.3, -0.25) is 4.79 Å². The lowest BCUT2D eigenvalue weighted by molar-refractivity contribution is -0.137. The number of hydrogen-bond donors (Lipinski definition) is 1. The van der Waals surface area contributed by atoms with Crippen LogP contribution in [-0.2, 0) is 12.7 Å². The van der Waals surface area contributed by atoms with E-state index in [1.54, 1.807) is 13.1 Å². The molecular formula is C23H25F3N6O. The molecule has 10 heteroatoms. The Morgan fingerprint density at radius 3 is 2.61 bits per heavy atom. The topological polar surface area (TPSA) is 66.3 Å². The van der Waals surface area contributed by atoms with Crippen LogP contribution in [0, 0.1) is 6.92 Å². The zero-order chi connectivity index (χ0) is 23.6. The Balaban J connectivity index is 1.49. The average Bonchev–Trinajstić information content (AvgIpc) is 3.19. The van der Waals surface area contributed by atoms with Crippen LogP contribution in [-0.4, -0.2) is 58.8 Å². The first kappa shape index (κ1) is 22.8. The van der Waals surface area contributed by atoms with Crippen LogP contribution in [0.15, 0.2) is 48.8 Å². The summed E-state index contributed by atoms with van der Waals surface area (Å²) in [5, 5.41) is 7.04. The molecule has 4 rings (SSSR count). The van der Waals surface area contributed by atoms with Gasteiger partial charge in [-0.2, -0.15) is 18.3 Å². The SMILES string of the molecule is Cc1c(C(=O)NCc2cccnc2N2CCN(C)CC2)cnn1-c1cccc(C(F)(F)F)c1. The van der Waals surface area contributed by atoms with Crippen molar-refractivity contribution in [1.82, 2.24) is 25.0 Å². The fourth-order valence-corrected chi connectivity index (χ4v) is 3.85. The quantitative estimate of drug-likeness (QED) is 0.636. The number of rotatable bonds is 5. The molecule has 0 saturated carbocycles. The Labute approximate surface area is 189 Å². The Morgan fingerprint density at radius 2 is 1.88 bits per heavy atom. The second-order valence-electron chi connectivity index (χ2n) is 8.06. The summed E-state index contributed by atoms with van der Waals surface area (Å²) in [6, 6.07) is 8.62. The van der Waals surface area contributed by atoms with Gasteiger partial charge in [0, 0.05) is 44.5 Å². The van der Waals surface area contributed by atoms with Crippen molar-refractivity contribution >= 4 is 11.7 Å². The normalized spacial score (nSPS) is 15.0. The summed E-state index contributed by atoms with van der Waals surface area (Å²) in [6.45, 7) is 5.53. The zero-order valence-electron chi connectivity index (χ0n) is 18.4. The molecule has 0 bridgehead atoms. The number of carbonyl (C=O) groups is 1. The molecule has 1 aromatic carbocycles. The Morgan fingerprint density at radius 1 is 1.12 bits per heavy atom. The van der Waals surface area contributed by atoms with Crippen molar-refractivity contribution in [3.8, 4) is 5.69 Å². The van der Waals surface area contributed by atoms with Crippen molar-refractivity contribution < 1.29 is 18.0 Å². The minimum Gasteiger partial charge on any atom is -0.354 e. The van der Waals surface area contributed by atoms with Crippen LogP contribution in [0.4, 0.5) is 19.0 Å². The van der Waals surface area contributed by atoms with Crippen LogP contribution in [0.1, 0.15) is 27.2 Å². The fourth-order valence-electron chi connectivity index (χ4n) is 3.85. The van der Waals surface area contributed by atoms with E-state index in [0.29, 0.717) is 11.3 Å². The number of nitrogens with zero attached hydrogens (tertiary/aromatic N) is 5. The van der Waals surface area contributed by atoms with Gasteiger partial charge in [0.1, 0.15) is 5.82 Å². The van der Waals surface area contributed by atoms with E-state index in [-0.39, 0.29) is 18.1 Å². The van der Waals surface area contributed by atoms with E-state index in [0.717, 1.165) is 49.7 Å². The smallest absolute Gasteiger partial charge is 0.354 e. The number of alkyl halides is 3. The maximum Gasteiger partial charge on any atom is 0.416 e. The number of halogens is 3. The Bertz CT molecular complexity index is 1140. The van der Waals surface area contributed by atoms with Crippen LogP contribution in [0.5, 0.6) is 0 Å². The lowest BCUT2D eigenvalue weighted by Gasteiger charge is -2.34. The maximum absolute atomic E-state index is 13.1. The Kier molecular flexibility index (Phi) is 6.37. The molecule has 174 valence electrons. The molecular weight excluding hydrogens is 433 g/mol. The van der Waals surface area contributed by atoms with Gasteiger partial charge in [-0.05, 0) is 38.2 Å². The number of pyridine rings is 1. The molecule has 1 N–H and O–H groups in total. The highest BCUT2D eigenvalue weighted by molar-refractivity contribution is 5.95. The first-order chi connectivity index (χ1) is 15.7. The molecule has 1 fully saturated rings. The van der Waals surface area contributed by atoms with Crippen molar-refractivity contribution in [2.24, 2.45) is 0 Å². The van der Waals surface area contributed by atoms with Gasteiger partial charge >= 0.3 is 6.18 Å². The molecule has 33 heavy (non-hydrogen) atoms. The summed E-state index contributed by atoms with van der Waals surface area (Å²) >= 11 is 0.